The Kier molecular flexibility index (Phi) is 8.43. The van der Waals surface area contributed by atoms with Crippen LogP contribution in [-0.2, 0) is 0 Å². The van der Waals surface area contributed by atoms with Crippen molar-refractivity contribution in [3.8, 4) is 0 Å². The lowest BCUT2D eigenvalue weighted by atomic mass is 9.91. The van der Waals surface area contributed by atoms with E-state index < -0.39 is 0 Å². The van der Waals surface area contributed by atoms with Crippen molar-refractivity contribution in [1.82, 2.24) is 5.32 Å². The van der Waals surface area contributed by atoms with Gasteiger partial charge in [0.15, 0.2) is 0 Å². The van der Waals surface area contributed by atoms with Crippen molar-refractivity contribution in [2.75, 3.05) is 12.4 Å². The molecule has 1 aromatic carbocycles. The Morgan fingerprint density at radius 1 is 1.33 bits per heavy atom. The molecule has 0 aliphatic carbocycles. The third kappa shape index (κ3) is 6.37. The van der Waals surface area contributed by atoms with Crippen LogP contribution in [0.25, 0.3) is 0 Å². The van der Waals surface area contributed by atoms with Gasteiger partial charge < -0.3 is 10.4 Å². The summed E-state index contributed by atoms with van der Waals surface area (Å²) in [5.41, 5.74) is -0.174. The lowest BCUT2D eigenvalue weighted by Gasteiger charge is -2.34. The summed E-state index contributed by atoms with van der Waals surface area (Å²) >= 11 is 13.9. The fourth-order valence-corrected chi connectivity index (χ4v) is 3.82. The van der Waals surface area contributed by atoms with Gasteiger partial charge in [-0.2, -0.15) is 0 Å². The van der Waals surface area contributed by atoms with Gasteiger partial charge in [-0.05, 0) is 43.2 Å². The van der Waals surface area contributed by atoms with Crippen molar-refractivity contribution in [3.05, 3.63) is 28.2 Å². The number of hydrogen-bond donors (Lipinski definition) is 2. The van der Waals surface area contributed by atoms with E-state index in [1.807, 2.05) is 12.1 Å². The number of halogens is 2. The maximum Gasteiger partial charge on any atom is 0.0613 e. The molecule has 0 radical (unpaired) electrons. The van der Waals surface area contributed by atoms with E-state index in [-0.39, 0.29) is 12.1 Å². The molecule has 2 N–H and O–H groups in total. The summed E-state index contributed by atoms with van der Waals surface area (Å²) in [6, 6.07) is 5.90. The number of thioether (sulfide) groups is 1. The van der Waals surface area contributed by atoms with E-state index in [0.717, 1.165) is 34.9 Å². The Labute approximate surface area is 142 Å². The van der Waals surface area contributed by atoms with E-state index in [9.17, 15) is 5.11 Å². The van der Waals surface area contributed by atoms with Gasteiger partial charge in [0.25, 0.3) is 0 Å². The summed E-state index contributed by atoms with van der Waals surface area (Å²) in [5.74, 6) is 0.960. The number of benzene rings is 1. The third-order valence-corrected chi connectivity index (χ3v) is 5.34. The summed E-state index contributed by atoms with van der Waals surface area (Å²) in [7, 11) is 0. The lowest BCUT2D eigenvalue weighted by Crippen LogP contribution is -2.51. The molecule has 2 nitrogen and oxygen atoms in total. The predicted molar refractivity (Wildman–Crippen MR) is 94.8 cm³/mol. The van der Waals surface area contributed by atoms with Crippen LogP contribution in [0, 0.1) is 0 Å². The van der Waals surface area contributed by atoms with Crippen LogP contribution in [-0.4, -0.2) is 29.0 Å². The van der Waals surface area contributed by atoms with Crippen LogP contribution in [0.15, 0.2) is 23.1 Å². The summed E-state index contributed by atoms with van der Waals surface area (Å²) in [5, 5.41) is 14.7. The van der Waals surface area contributed by atoms with Crippen molar-refractivity contribution in [3.63, 3.8) is 0 Å². The summed E-state index contributed by atoms with van der Waals surface area (Å²) < 4.78 is 0. The van der Waals surface area contributed by atoms with Gasteiger partial charge in [0.2, 0.25) is 0 Å². The topological polar surface area (TPSA) is 32.3 Å². The van der Waals surface area contributed by atoms with E-state index >= 15 is 0 Å². The van der Waals surface area contributed by atoms with E-state index in [1.165, 1.54) is 0 Å². The number of aliphatic hydroxyl groups is 1. The van der Waals surface area contributed by atoms with Crippen LogP contribution in [0.1, 0.15) is 40.0 Å². The van der Waals surface area contributed by atoms with Gasteiger partial charge in [-0.1, -0.05) is 44.0 Å². The van der Waals surface area contributed by atoms with E-state index in [0.29, 0.717) is 11.1 Å². The van der Waals surface area contributed by atoms with E-state index in [4.69, 9.17) is 23.2 Å². The number of aliphatic hydroxyl groups excluding tert-OH is 1. The first-order valence-electron chi connectivity index (χ1n) is 7.39. The van der Waals surface area contributed by atoms with Crippen molar-refractivity contribution in [1.29, 1.82) is 0 Å². The second-order valence-corrected chi connectivity index (χ2v) is 7.60. The van der Waals surface area contributed by atoms with Crippen LogP contribution >= 0.6 is 35.0 Å². The SMILES string of the molecule is CCC(CO)(CCCSc1cc(Cl)ccc1Cl)NC(C)C. The maximum atomic E-state index is 9.71. The third-order valence-electron chi connectivity index (χ3n) is 3.52. The number of nitrogens with one attached hydrogen (secondary N) is 1. The van der Waals surface area contributed by atoms with Gasteiger partial charge >= 0.3 is 0 Å². The van der Waals surface area contributed by atoms with Gasteiger partial charge in [-0.3, -0.25) is 0 Å². The van der Waals surface area contributed by atoms with Gasteiger partial charge in [0.05, 0.1) is 11.6 Å². The van der Waals surface area contributed by atoms with Gasteiger partial charge in [0, 0.05) is 21.5 Å². The van der Waals surface area contributed by atoms with E-state index in [2.05, 4.69) is 26.1 Å². The molecule has 21 heavy (non-hydrogen) atoms. The van der Waals surface area contributed by atoms with Crippen LogP contribution < -0.4 is 5.32 Å². The fourth-order valence-electron chi connectivity index (χ4n) is 2.38. The summed E-state index contributed by atoms with van der Waals surface area (Å²) in [6.07, 6.45) is 2.88. The molecule has 1 atom stereocenters. The Bertz CT molecular complexity index is 436. The zero-order valence-corrected chi connectivity index (χ0v) is 15.3. The summed E-state index contributed by atoms with van der Waals surface area (Å²) in [6.45, 7) is 6.51. The molecule has 0 saturated carbocycles. The number of rotatable bonds is 9. The first-order valence-corrected chi connectivity index (χ1v) is 9.13. The zero-order valence-electron chi connectivity index (χ0n) is 13.0. The van der Waals surface area contributed by atoms with Crippen molar-refractivity contribution < 1.29 is 5.11 Å². The Morgan fingerprint density at radius 2 is 2.05 bits per heavy atom. The lowest BCUT2D eigenvalue weighted by molar-refractivity contribution is 0.137. The van der Waals surface area contributed by atoms with Crippen LogP contribution in [0.2, 0.25) is 10.0 Å². The quantitative estimate of drug-likeness (QED) is 0.485. The molecule has 0 aliphatic rings. The molecule has 5 heteroatoms. The highest BCUT2D eigenvalue weighted by Gasteiger charge is 2.27. The van der Waals surface area contributed by atoms with Crippen molar-refractivity contribution >= 4 is 35.0 Å². The minimum atomic E-state index is -0.174. The second-order valence-electron chi connectivity index (χ2n) is 5.62. The van der Waals surface area contributed by atoms with Crippen molar-refractivity contribution in [2.45, 2.75) is 56.5 Å². The Balaban J connectivity index is 2.49. The molecule has 0 fully saturated rings. The first-order chi connectivity index (χ1) is 9.92. The van der Waals surface area contributed by atoms with Gasteiger partial charge in [-0.15, -0.1) is 11.8 Å². The molecule has 0 saturated heterocycles. The van der Waals surface area contributed by atoms with Crippen LogP contribution in [0.5, 0.6) is 0 Å². The second kappa shape index (κ2) is 9.26. The van der Waals surface area contributed by atoms with Gasteiger partial charge in [0.1, 0.15) is 0 Å². The average molecular weight is 350 g/mol. The average Bonchev–Trinajstić information content (AvgIpc) is 2.45. The number of hydrogen-bond acceptors (Lipinski definition) is 3. The molecule has 0 aliphatic heterocycles. The van der Waals surface area contributed by atoms with Crippen LogP contribution in [0.4, 0.5) is 0 Å². The minimum Gasteiger partial charge on any atom is -0.394 e. The van der Waals surface area contributed by atoms with Crippen LogP contribution in [0.3, 0.4) is 0 Å². The molecular formula is C16H25Cl2NOS. The highest BCUT2D eigenvalue weighted by Crippen LogP contribution is 2.31. The highest BCUT2D eigenvalue weighted by molar-refractivity contribution is 7.99. The predicted octanol–water partition coefficient (Wildman–Crippen LogP) is 5.00. The monoisotopic (exact) mass is 349 g/mol. The Morgan fingerprint density at radius 3 is 2.62 bits per heavy atom. The molecule has 0 amide bonds. The standard InChI is InChI=1S/C16H25Cl2NOS/c1-4-16(11-20,19-12(2)3)8-5-9-21-15-10-13(17)6-7-14(15)18/h6-7,10,12,19-20H,4-5,8-9,11H2,1-3H3. The van der Waals surface area contributed by atoms with Gasteiger partial charge in [-0.25, -0.2) is 0 Å². The molecule has 0 bridgehead atoms. The first kappa shape index (κ1) is 19.1. The summed E-state index contributed by atoms with van der Waals surface area (Å²) in [4.78, 5) is 1.02. The minimum absolute atomic E-state index is 0.171. The molecule has 1 rings (SSSR count). The Hall–Kier alpha value is 0.0700. The molecule has 0 heterocycles. The molecule has 0 spiro atoms. The largest absolute Gasteiger partial charge is 0.394 e. The molecule has 1 aromatic rings. The molecule has 0 aromatic heterocycles. The normalized spacial score (nSPS) is 14.4. The smallest absolute Gasteiger partial charge is 0.0613 e. The highest BCUT2D eigenvalue weighted by atomic mass is 35.5. The van der Waals surface area contributed by atoms with Crippen molar-refractivity contribution in [2.24, 2.45) is 0 Å². The molecule has 120 valence electrons. The van der Waals surface area contributed by atoms with E-state index in [1.54, 1.807) is 17.8 Å². The molecule has 1 unspecified atom stereocenters. The zero-order chi connectivity index (χ0) is 15.9. The fraction of sp³-hybridized carbons (Fsp3) is 0.625. The maximum absolute atomic E-state index is 9.71. The molecular weight excluding hydrogens is 325 g/mol.